The summed E-state index contributed by atoms with van der Waals surface area (Å²) in [6.07, 6.45) is 0.280. The second-order valence-electron chi connectivity index (χ2n) is 4.65. The fourth-order valence-corrected chi connectivity index (χ4v) is 4.14. The first kappa shape index (κ1) is 18.5. The van der Waals surface area contributed by atoms with Crippen LogP contribution in [0.4, 0.5) is 0 Å². The van der Waals surface area contributed by atoms with E-state index in [2.05, 4.69) is 10.3 Å². The Hall–Kier alpha value is -0.790. The maximum atomic E-state index is 11.7. The Morgan fingerprint density at radius 3 is 3.00 bits per heavy atom. The Kier molecular flexibility index (Phi) is 7.65. The molecule has 1 aromatic carbocycles. The van der Waals surface area contributed by atoms with Crippen LogP contribution < -0.4 is 5.32 Å². The zero-order valence-electron chi connectivity index (χ0n) is 12.5. The molecule has 124 valence electrons. The molecule has 1 aromatic heterocycles. The van der Waals surface area contributed by atoms with Gasteiger partial charge in [0, 0.05) is 34.8 Å². The molecule has 0 saturated heterocycles. The molecule has 0 aliphatic rings. The van der Waals surface area contributed by atoms with E-state index < -0.39 is 0 Å². The fourth-order valence-electron chi connectivity index (χ4n) is 1.73. The molecule has 2 rings (SSSR count). The Balaban J connectivity index is 1.83. The first-order valence-electron chi connectivity index (χ1n) is 6.85. The van der Waals surface area contributed by atoms with Gasteiger partial charge in [-0.25, -0.2) is 4.98 Å². The lowest BCUT2D eigenvalue weighted by Crippen LogP contribution is -2.28. The van der Waals surface area contributed by atoms with E-state index >= 15 is 0 Å². The second kappa shape index (κ2) is 9.49. The van der Waals surface area contributed by atoms with Crippen LogP contribution in [0.5, 0.6) is 0 Å². The van der Waals surface area contributed by atoms with Crippen molar-refractivity contribution >= 4 is 52.2 Å². The third-order valence-corrected chi connectivity index (χ3v) is 5.57. The van der Waals surface area contributed by atoms with Gasteiger partial charge < -0.3 is 10.1 Å². The van der Waals surface area contributed by atoms with Crippen molar-refractivity contribution < 1.29 is 9.53 Å². The van der Waals surface area contributed by atoms with Gasteiger partial charge in [0.25, 0.3) is 0 Å². The molecule has 0 unspecified atom stereocenters. The van der Waals surface area contributed by atoms with Crippen molar-refractivity contribution in [3.8, 4) is 0 Å². The van der Waals surface area contributed by atoms with E-state index in [1.807, 2.05) is 17.5 Å². The number of methoxy groups -OCH3 is 1. The van der Waals surface area contributed by atoms with E-state index in [1.165, 1.54) is 11.3 Å². The average Bonchev–Trinajstić information content (AvgIpc) is 2.94. The van der Waals surface area contributed by atoms with Gasteiger partial charge in [0.1, 0.15) is 4.34 Å². The lowest BCUT2D eigenvalue weighted by atomic mass is 10.2. The maximum absolute atomic E-state index is 11.7. The zero-order valence-corrected chi connectivity index (χ0v) is 15.6. The highest BCUT2D eigenvalue weighted by molar-refractivity contribution is 8.00. The number of ether oxygens (including phenoxy) is 1. The van der Waals surface area contributed by atoms with Gasteiger partial charge in [0.15, 0.2) is 0 Å². The zero-order chi connectivity index (χ0) is 16.7. The number of benzene rings is 1. The smallest absolute Gasteiger partial charge is 0.226 e. The van der Waals surface area contributed by atoms with Crippen LogP contribution in [0.1, 0.15) is 11.3 Å². The monoisotopic (exact) mass is 390 g/mol. The Labute approximate surface area is 153 Å². The number of thiazole rings is 1. The second-order valence-corrected chi connectivity index (χ2v) is 7.57. The van der Waals surface area contributed by atoms with Crippen LogP contribution in [0.3, 0.4) is 0 Å². The summed E-state index contributed by atoms with van der Waals surface area (Å²) in [6, 6.07) is 5.47. The highest BCUT2D eigenvalue weighted by Gasteiger charge is 2.09. The van der Waals surface area contributed by atoms with Gasteiger partial charge in [0.05, 0.1) is 18.7 Å². The summed E-state index contributed by atoms with van der Waals surface area (Å²) >= 11 is 15.2. The van der Waals surface area contributed by atoms with Gasteiger partial charge >= 0.3 is 0 Å². The van der Waals surface area contributed by atoms with Crippen LogP contribution >= 0.6 is 46.3 Å². The van der Waals surface area contributed by atoms with Crippen molar-refractivity contribution in [2.24, 2.45) is 0 Å². The molecule has 0 bridgehead atoms. The molecular weight excluding hydrogens is 375 g/mol. The van der Waals surface area contributed by atoms with Crippen LogP contribution in [0.25, 0.3) is 0 Å². The normalized spacial score (nSPS) is 10.7. The molecule has 0 spiro atoms. The number of thioether (sulfide) groups is 1. The third-order valence-electron chi connectivity index (χ3n) is 2.87. The number of amides is 1. The van der Waals surface area contributed by atoms with Crippen LogP contribution in [-0.4, -0.2) is 31.2 Å². The summed E-state index contributed by atoms with van der Waals surface area (Å²) in [6.45, 7) is 1.02. The molecule has 23 heavy (non-hydrogen) atoms. The quantitative estimate of drug-likeness (QED) is 0.545. The minimum absolute atomic E-state index is 0.0513. The largest absolute Gasteiger partial charge is 0.383 e. The summed E-state index contributed by atoms with van der Waals surface area (Å²) in [5.41, 5.74) is 1.78. The van der Waals surface area contributed by atoms with Crippen LogP contribution in [0, 0.1) is 0 Å². The third kappa shape index (κ3) is 6.31. The number of nitrogens with zero attached hydrogens (tertiary/aromatic N) is 1. The number of hydrogen-bond acceptors (Lipinski definition) is 5. The number of halogens is 2. The molecule has 0 saturated carbocycles. The van der Waals surface area contributed by atoms with E-state index in [4.69, 9.17) is 27.9 Å². The topological polar surface area (TPSA) is 51.2 Å². The predicted molar refractivity (Wildman–Crippen MR) is 96.7 cm³/mol. The lowest BCUT2D eigenvalue weighted by molar-refractivity contribution is -0.120. The van der Waals surface area contributed by atoms with Gasteiger partial charge in [0.2, 0.25) is 5.91 Å². The molecule has 0 radical (unpaired) electrons. The van der Waals surface area contributed by atoms with Crippen molar-refractivity contribution in [2.75, 3.05) is 20.3 Å². The van der Waals surface area contributed by atoms with E-state index in [1.54, 1.807) is 24.9 Å². The average molecular weight is 391 g/mol. The van der Waals surface area contributed by atoms with Gasteiger partial charge in [-0.1, -0.05) is 41.0 Å². The summed E-state index contributed by atoms with van der Waals surface area (Å²) in [4.78, 5) is 16.2. The Morgan fingerprint density at radius 1 is 1.43 bits per heavy atom. The highest BCUT2D eigenvalue weighted by Crippen LogP contribution is 2.30. The van der Waals surface area contributed by atoms with E-state index in [0.717, 1.165) is 15.6 Å². The van der Waals surface area contributed by atoms with Crippen LogP contribution in [0.2, 0.25) is 10.0 Å². The van der Waals surface area contributed by atoms with Crippen molar-refractivity contribution in [1.29, 1.82) is 0 Å². The minimum Gasteiger partial charge on any atom is -0.383 e. The van der Waals surface area contributed by atoms with Crippen molar-refractivity contribution in [2.45, 2.75) is 16.5 Å². The number of carbonyl (C=O) groups excluding carboxylic acids is 1. The molecule has 4 nitrogen and oxygen atoms in total. The number of nitrogens with one attached hydrogen (secondary N) is 1. The molecule has 1 heterocycles. The van der Waals surface area contributed by atoms with E-state index in [9.17, 15) is 4.79 Å². The Bertz CT molecular complexity index is 665. The van der Waals surface area contributed by atoms with Crippen LogP contribution in [-0.2, 0) is 21.7 Å². The maximum Gasteiger partial charge on any atom is 0.226 e. The molecule has 1 amide bonds. The Morgan fingerprint density at radius 2 is 2.26 bits per heavy atom. The SMILES string of the molecule is COCCNC(=O)Cc1csc(SCc2ccc(Cl)cc2Cl)n1. The van der Waals surface area contributed by atoms with Crippen molar-refractivity contribution in [3.05, 3.63) is 44.9 Å². The molecule has 0 aliphatic heterocycles. The molecule has 0 atom stereocenters. The highest BCUT2D eigenvalue weighted by atomic mass is 35.5. The fraction of sp³-hybridized carbons (Fsp3) is 0.333. The van der Waals surface area contributed by atoms with Gasteiger partial charge in [-0.05, 0) is 17.7 Å². The molecule has 0 fully saturated rings. The van der Waals surface area contributed by atoms with Gasteiger partial charge in [-0.3, -0.25) is 4.79 Å². The predicted octanol–water partition coefficient (Wildman–Crippen LogP) is 4.05. The number of hydrogen-bond donors (Lipinski definition) is 1. The summed E-state index contributed by atoms with van der Waals surface area (Å²) in [5, 5.41) is 5.96. The van der Waals surface area contributed by atoms with Gasteiger partial charge in [-0.15, -0.1) is 11.3 Å². The number of rotatable bonds is 8. The first-order valence-corrected chi connectivity index (χ1v) is 9.47. The summed E-state index contributed by atoms with van der Waals surface area (Å²) in [7, 11) is 1.60. The lowest BCUT2D eigenvalue weighted by Gasteiger charge is -2.03. The minimum atomic E-state index is -0.0513. The van der Waals surface area contributed by atoms with E-state index in [-0.39, 0.29) is 12.3 Å². The van der Waals surface area contributed by atoms with Crippen molar-refractivity contribution in [3.63, 3.8) is 0 Å². The molecule has 1 N–H and O–H groups in total. The first-order chi connectivity index (χ1) is 11.1. The van der Waals surface area contributed by atoms with Gasteiger partial charge in [-0.2, -0.15) is 0 Å². The number of carbonyl (C=O) groups is 1. The molecule has 2 aromatic rings. The summed E-state index contributed by atoms with van der Waals surface area (Å²) < 4.78 is 5.80. The van der Waals surface area contributed by atoms with E-state index in [0.29, 0.717) is 28.9 Å². The standard InChI is InChI=1S/C15H16Cl2N2O2S2/c1-21-5-4-18-14(20)7-12-9-23-15(19-12)22-8-10-2-3-11(16)6-13(10)17/h2-3,6,9H,4-5,7-8H2,1H3,(H,18,20). The summed E-state index contributed by atoms with van der Waals surface area (Å²) in [5.74, 6) is 0.660. The molecule has 0 aliphatic carbocycles. The van der Waals surface area contributed by atoms with Crippen LogP contribution in [0.15, 0.2) is 27.9 Å². The number of aromatic nitrogens is 1. The molecular formula is C15H16Cl2N2O2S2. The molecule has 8 heteroatoms. The van der Waals surface area contributed by atoms with Crippen molar-refractivity contribution in [1.82, 2.24) is 10.3 Å².